The normalized spacial score (nSPS) is 18.4. The molecule has 0 saturated carbocycles. The number of phenols is 1. The van der Waals surface area contributed by atoms with Crippen LogP contribution in [-0.2, 0) is 6.54 Å². The average Bonchev–Trinajstić information content (AvgIpc) is 2.52. The van der Waals surface area contributed by atoms with Gasteiger partial charge >= 0.3 is 5.63 Å². The van der Waals surface area contributed by atoms with E-state index < -0.39 is 0 Å². The lowest BCUT2D eigenvalue weighted by atomic mass is 9.92. The maximum absolute atomic E-state index is 11.9. The molecule has 2 heterocycles. The summed E-state index contributed by atoms with van der Waals surface area (Å²) in [6.07, 6.45) is 1.68. The van der Waals surface area contributed by atoms with Crippen molar-refractivity contribution in [3.63, 3.8) is 0 Å². The standard InChI is InChI=1S/C18H23NO4/c1-11-16(21)4-3-15-14(9-17(22)23-18(11)15)10-19-7-5-13(6-8-19)12(2)20/h3-4,9,12-13,20-21H,5-8,10H2,1-2H3. The highest BCUT2D eigenvalue weighted by molar-refractivity contribution is 5.84. The molecule has 124 valence electrons. The number of piperidine rings is 1. The Morgan fingerprint density at radius 3 is 2.70 bits per heavy atom. The molecule has 1 aromatic carbocycles. The number of aliphatic hydroxyl groups excluding tert-OH is 1. The number of benzene rings is 1. The van der Waals surface area contributed by atoms with Gasteiger partial charge in [-0.3, -0.25) is 4.90 Å². The highest BCUT2D eigenvalue weighted by Gasteiger charge is 2.23. The van der Waals surface area contributed by atoms with Gasteiger partial charge in [0.1, 0.15) is 11.3 Å². The van der Waals surface area contributed by atoms with E-state index in [9.17, 15) is 15.0 Å². The summed E-state index contributed by atoms with van der Waals surface area (Å²) in [4.78, 5) is 14.2. The van der Waals surface area contributed by atoms with Crippen molar-refractivity contribution in [3.8, 4) is 5.75 Å². The monoisotopic (exact) mass is 317 g/mol. The third-order valence-corrected chi connectivity index (χ3v) is 4.93. The molecule has 1 aliphatic heterocycles. The van der Waals surface area contributed by atoms with Crippen LogP contribution in [0.3, 0.4) is 0 Å². The van der Waals surface area contributed by atoms with Crippen molar-refractivity contribution in [2.24, 2.45) is 5.92 Å². The molecule has 1 unspecified atom stereocenters. The van der Waals surface area contributed by atoms with Gasteiger partial charge in [0.05, 0.1) is 6.10 Å². The topological polar surface area (TPSA) is 73.9 Å². The molecule has 1 aromatic heterocycles. The predicted octanol–water partition coefficient (Wildman–Crippen LogP) is 2.40. The van der Waals surface area contributed by atoms with E-state index in [0.29, 0.717) is 23.6 Å². The molecule has 0 bridgehead atoms. The molecular formula is C18H23NO4. The molecule has 0 amide bonds. The number of hydrogen-bond acceptors (Lipinski definition) is 5. The molecular weight excluding hydrogens is 294 g/mol. The highest BCUT2D eigenvalue weighted by atomic mass is 16.4. The van der Waals surface area contributed by atoms with E-state index in [0.717, 1.165) is 36.9 Å². The Morgan fingerprint density at radius 1 is 1.35 bits per heavy atom. The number of phenolic OH excluding ortho intramolecular Hbond substituents is 1. The molecule has 1 atom stereocenters. The number of aromatic hydroxyl groups is 1. The molecule has 0 radical (unpaired) electrons. The van der Waals surface area contributed by atoms with Crippen LogP contribution in [0.2, 0.25) is 0 Å². The van der Waals surface area contributed by atoms with Crippen molar-refractivity contribution in [2.45, 2.75) is 39.3 Å². The summed E-state index contributed by atoms with van der Waals surface area (Å²) in [6, 6.07) is 4.99. The van der Waals surface area contributed by atoms with Crippen LogP contribution in [0.25, 0.3) is 11.0 Å². The van der Waals surface area contributed by atoms with Crippen LogP contribution in [0, 0.1) is 12.8 Å². The Morgan fingerprint density at radius 2 is 2.04 bits per heavy atom. The maximum atomic E-state index is 11.9. The van der Waals surface area contributed by atoms with Gasteiger partial charge < -0.3 is 14.6 Å². The highest BCUT2D eigenvalue weighted by Crippen LogP contribution is 2.29. The smallest absolute Gasteiger partial charge is 0.336 e. The Hall–Kier alpha value is -1.85. The summed E-state index contributed by atoms with van der Waals surface area (Å²) in [5.74, 6) is 0.499. The third-order valence-electron chi connectivity index (χ3n) is 4.93. The lowest BCUT2D eigenvalue weighted by molar-refractivity contribution is 0.0696. The zero-order valence-corrected chi connectivity index (χ0v) is 13.6. The van der Waals surface area contributed by atoms with E-state index in [2.05, 4.69) is 4.90 Å². The number of hydrogen-bond donors (Lipinski definition) is 2. The number of aryl methyl sites for hydroxylation is 1. The molecule has 1 fully saturated rings. The van der Waals surface area contributed by atoms with Crippen molar-refractivity contribution < 1.29 is 14.6 Å². The fourth-order valence-corrected chi connectivity index (χ4v) is 3.38. The molecule has 5 heteroatoms. The molecule has 5 nitrogen and oxygen atoms in total. The van der Waals surface area contributed by atoms with Gasteiger partial charge in [-0.2, -0.15) is 0 Å². The van der Waals surface area contributed by atoms with Gasteiger partial charge in [0, 0.05) is 23.6 Å². The first kappa shape index (κ1) is 16.0. The van der Waals surface area contributed by atoms with Gasteiger partial charge in [0.15, 0.2) is 0 Å². The summed E-state index contributed by atoms with van der Waals surface area (Å²) >= 11 is 0. The molecule has 3 rings (SSSR count). The lowest BCUT2D eigenvalue weighted by Gasteiger charge is -2.33. The van der Waals surface area contributed by atoms with Crippen LogP contribution >= 0.6 is 0 Å². The third kappa shape index (κ3) is 3.26. The summed E-state index contributed by atoms with van der Waals surface area (Å²) in [5, 5.41) is 20.4. The first-order valence-corrected chi connectivity index (χ1v) is 8.11. The van der Waals surface area contributed by atoms with E-state index in [1.807, 2.05) is 6.92 Å². The number of nitrogens with zero attached hydrogens (tertiary/aromatic N) is 1. The van der Waals surface area contributed by atoms with Gasteiger partial charge in [-0.25, -0.2) is 4.79 Å². The fourth-order valence-electron chi connectivity index (χ4n) is 3.38. The maximum Gasteiger partial charge on any atom is 0.336 e. The second kappa shape index (κ2) is 6.34. The van der Waals surface area contributed by atoms with E-state index >= 15 is 0 Å². The largest absolute Gasteiger partial charge is 0.508 e. The van der Waals surface area contributed by atoms with Gasteiger partial charge in [-0.1, -0.05) is 0 Å². The van der Waals surface area contributed by atoms with E-state index in [-0.39, 0.29) is 17.5 Å². The summed E-state index contributed by atoms with van der Waals surface area (Å²) in [7, 11) is 0. The average molecular weight is 317 g/mol. The van der Waals surface area contributed by atoms with Crippen molar-refractivity contribution >= 4 is 11.0 Å². The van der Waals surface area contributed by atoms with Crippen LogP contribution in [-0.4, -0.2) is 34.3 Å². The molecule has 1 aliphatic rings. The first-order valence-electron chi connectivity index (χ1n) is 8.11. The van der Waals surface area contributed by atoms with Gasteiger partial charge in [-0.15, -0.1) is 0 Å². The summed E-state index contributed by atoms with van der Waals surface area (Å²) < 4.78 is 5.28. The van der Waals surface area contributed by atoms with E-state index in [4.69, 9.17) is 4.42 Å². The van der Waals surface area contributed by atoms with Crippen LogP contribution in [0.15, 0.2) is 27.4 Å². The Bertz CT molecular complexity index is 757. The van der Waals surface area contributed by atoms with Crippen molar-refractivity contribution in [1.29, 1.82) is 0 Å². The van der Waals surface area contributed by atoms with Gasteiger partial charge in [0.25, 0.3) is 0 Å². The number of aliphatic hydroxyl groups is 1. The summed E-state index contributed by atoms with van der Waals surface area (Å²) in [6.45, 7) is 6.10. The van der Waals surface area contributed by atoms with Crippen molar-refractivity contribution in [1.82, 2.24) is 4.90 Å². The zero-order valence-electron chi connectivity index (χ0n) is 13.6. The molecule has 0 aliphatic carbocycles. The van der Waals surface area contributed by atoms with E-state index in [1.165, 1.54) is 0 Å². The Labute approximate surface area is 135 Å². The predicted molar refractivity (Wildman–Crippen MR) is 88.6 cm³/mol. The second-order valence-corrected chi connectivity index (χ2v) is 6.53. The van der Waals surface area contributed by atoms with Crippen LogP contribution < -0.4 is 5.63 Å². The summed E-state index contributed by atoms with van der Waals surface area (Å²) in [5.41, 5.74) is 1.59. The minimum Gasteiger partial charge on any atom is -0.508 e. The Kier molecular flexibility index (Phi) is 4.41. The fraction of sp³-hybridized carbons (Fsp3) is 0.500. The number of fused-ring (bicyclic) bond motifs is 1. The van der Waals surface area contributed by atoms with Crippen LogP contribution in [0.4, 0.5) is 0 Å². The minimum absolute atomic E-state index is 0.135. The SMILES string of the molecule is Cc1c(O)ccc2c(CN3CCC(C(C)O)CC3)cc(=O)oc12. The number of likely N-dealkylation sites (tertiary alicyclic amines) is 1. The second-order valence-electron chi connectivity index (χ2n) is 6.53. The minimum atomic E-state index is -0.389. The van der Waals surface area contributed by atoms with Crippen molar-refractivity contribution in [2.75, 3.05) is 13.1 Å². The van der Waals surface area contributed by atoms with E-state index in [1.54, 1.807) is 25.1 Å². The molecule has 0 spiro atoms. The van der Waals surface area contributed by atoms with Gasteiger partial charge in [0.2, 0.25) is 0 Å². The zero-order chi connectivity index (χ0) is 16.6. The van der Waals surface area contributed by atoms with Crippen LogP contribution in [0.1, 0.15) is 30.9 Å². The molecule has 23 heavy (non-hydrogen) atoms. The van der Waals surface area contributed by atoms with Crippen LogP contribution in [0.5, 0.6) is 5.75 Å². The molecule has 2 aromatic rings. The number of rotatable bonds is 3. The van der Waals surface area contributed by atoms with Crippen molar-refractivity contribution in [3.05, 3.63) is 39.7 Å². The van der Waals surface area contributed by atoms with Gasteiger partial charge in [-0.05, 0) is 63.4 Å². The Balaban J connectivity index is 1.86. The molecule has 2 N–H and O–H groups in total. The first-order chi connectivity index (χ1) is 11.0. The lowest BCUT2D eigenvalue weighted by Crippen LogP contribution is -2.36. The molecule has 1 saturated heterocycles. The quantitative estimate of drug-likeness (QED) is 0.850.